The number of hydrogen-bond acceptors (Lipinski definition) is 4. The van der Waals surface area contributed by atoms with E-state index in [4.69, 9.17) is 5.73 Å². The lowest BCUT2D eigenvalue weighted by Crippen LogP contribution is -2.16. The van der Waals surface area contributed by atoms with E-state index in [1.54, 1.807) is 6.20 Å². The normalized spacial score (nSPS) is 10.3. The summed E-state index contributed by atoms with van der Waals surface area (Å²) in [4.78, 5) is 21.5. The fourth-order valence-electron chi connectivity index (χ4n) is 2.62. The van der Waals surface area contributed by atoms with Crippen molar-refractivity contribution in [2.45, 2.75) is 20.3 Å². The summed E-state index contributed by atoms with van der Waals surface area (Å²) in [5.74, 6) is 0.329. The minimum Gasteiger partial charge on any atom is -0.399 e. The van der Waals surface area contributed by atoms with Crippen molar-refractivity contribution in [2.24, 2.45) is 0 Å². The van der Waals surface area contributed by atoms with Crippen molar-refractivity contribution in [2.75, 3.05) is 11.1 Å². The number of carbonyl (C=O) groups is 1. The van der Waals surface area contributed by atoms with Gasteiger partial charge in [-0.25, -0.2) is 9.97 Å². The number of allylic oxidation sites excluding steroid dienone is 1. The van der Waals surface area contributed by atoms with Crippen molar-refractivity contribution in [3.05, 3.63) is 77.6 Å². The first-order chi connectivity index (χ1) is 13.0. The number of benzene rings is 2. The van der Waals surface area contributed by atoms with Gasteiger partial charge in [-0.2, -0.15) is 0 Å². The molecule has 0 spiro atoms. The van der Waals surface area contributed by atoms with Gasteiger partial charge >= 0.3 is 0 Å². The SMILES string of the molecule is CC(C)=Cc1nc(-c2ccc(N)cc2)cnc1NC(=O)Cc1ccccc1. The summed E-state index contributed by atoms with van der Waals surface area (Å²) in [7, 11) is 0. The molecule has 0 unspecified atom stereocenters. The molecule has 3 N–H and O–H groups in total. The van der Waals surface area contributed by atoms with E-state index in [1.807, 2.05) is 74.5 Å². The number of aromatic nitrogens is 2. The van der Waals surface area contributed by atoms with Crippen molar-refractivity contribution < 1.29 is 4.79 Å². The van der Waals surface area contributed by atoms with E-state index in [2.05, 4.69) is 15.3 Å². The molecule has 3 aromatic rings. The maximum absolute atomic E-state index is 12.4. The number of carbonyl (C=O) groups excluding carboxylic acids is 1. The molecule has 0 saturated carbocycles. The molecule has 0 atom stereocenters. The van der Waals surface area contributed by atoms with E-state index in [0.29, 0.717) is 17.2 Å². The molecule has 136 valence electrons. The quantitative estimate of drug-likeness (QED) is 0.665. The van der Waals surface area contributed by atoms with Gasteiger partial charge in [0.25, 0.3) is 0 Å². The van der Waals surface area contributed by atoms with Crippen LogP contribution in [0.25, 0.3) is 17.3 Å². The van der Waals surface area contributed by atoms with Crippen LogP contribution < -0.4 is 11.1 Å². The van der Waals surface area contributed by atoms with Crippen molar-refractivity contribution in [3.63, 3.8) is 0 Å². The molecule has 27 heavy (non-hydrogen) atoms. The highest BCUT2D eigenvalue weighted by Gasteiger charge is 2.11. The molecule has 3 rings (SSSR count). The molecule has 0 aliphatic carbocycles. The van der Waals surface area contributed by atoms with E-state index >= 15 is 0 Å². The van der Waals surface area contributed by atoms with Crippen LogP contribution in [0, 0.1) is 0 Å². The first-order valence-electron chi connectivity index (χ1n) is 8.73. The molecule has 0 aliphatic heterocycles. The topological polar surface area (TPSA) is 80.9 Å². The zero-order valence-electron chi connectivity index (χ0n) is 15.4. The van der Waals surface area contributed by atoms with Gasteiger partial charge in [0, 0.05) is 11.3 Å². The zero-order chi connectivity index (χ0) is 19.2. The van der Waals surface area contributed by atoms with Crippen LogP contribution in [0.15, 0.2) is 66.4 Å². The Hall–Kier alpha value is -3.47. The van der Waals surface area contributed by atoms with Gasteiger partial charge in [-0.1, -0.05) is 48.0 Å². The first kappa shape index (κ1) is 18.3. The van der Waals surface area contributed by atoms with E-state index in [-0.39, 0.29) is 12.3 Å². The van der Waals surface area contributed by atoms with Gasteiger partial charge in [-0.3, -0.25) is 4.79 Å². The number of nitrogens with one attached hydrogen (secondary N) is 1. The summed E-state index contributed by atoms with van der Waals surface area (Å²) < 4.78 is 0. The maximum atomic E-state index is 12.4. The van der Waals surface area contributed by atoms with E-state index in [1.165, 1.54) is 0 Å². The largest absolute Gasteiger partial charge is 0.399 e. The number of hydrogen-bond donors (Lipinski definition) is 2. The predicted octanol–water partition coefficient (Wildman–Crippen LogP) is 4.33. The Labute approximate surface area is 159 Å². The van der Waals surface area contributed by atoms with Crippen molar-refractivity contribution in [3.8, 4) is 11.3 Å². The van der Waals surface area contributed by atoms with Crippen LogP contribution >= 0.6 is 0 Å². The average molecular weight is 358 g/mol. The summed E-state index contributed by atoms with van der Waals surface area (Å²) in [6.07, 6.45) is 3.86. The van der Waals surface area contributed by atoms with E-state index in [9.17, 15) is 4.79 Å². The maximum Gasteiger partial charge on any atom is 0.230 e. The van der Waals surface area contributed by atoms with Gasteiger partial charge in [0.1, 0.15) is 5.69 Å². The fraction of sp³-hybridized carbons (Fsp3) is 0.136. The molecule has 1 aromatic heterocycles. The summed E-state index contributed by atoms with van der Waals surface area (Å²) in [6.45, 7) is 3.96. The number of rotatable bonds is 5. The molecule has 0 bridgehead atoms. The van der Waals surface area contributed by atoms with Crippen LogP contribution in [0.3, 0.4) is 0 Å². The molecule has 0 saturated heterocycles. The van der Waals surface area contributed by atoms with Crippen molar-refractivity contribution >= 4 is 23.5 Å². The molecule has 0 fully saturated rings. The minimum atomic E-state index is -0.126. The lowest BCUT2D eigenvalue weighted by Gasteiger charge is -2.10. The summed E-state index contributed by atoms with van der Waals surface area (Å²) >= 11 is 0. The zero-order valence-corrected chi connectivity index (χ0v) is 15.4. The molecular weight excluding hydrogens is 336 g/mol. The second kappa shape index (κ2) is 8.27. The number of anilines is 2. The summed E-state index contributed by atoms with van der Waals surface area (Å²) in [5.41, 5.74) is 10.7. The van der Waals surface area contributed by atoms with Gasteiger partial charge in [0.05, 0.1) is 18.3 Å². The van der Waals surface area contributed by atoms with Crippen molar-refractivity contribution in [1.82, 2.24) is 9.97 Å². The molecular formula is C22H22N4O. The highest BCUT2D eigenvalue weighted by atomic mass is 16.1. The number of nitrogen functional groups attached to an aromatic ring is 1. The first-order valence-corrected chi connectivity index (χ1v) is 8.73. The summed E-state index contributed by atoms with van der Waals surface area (Å²) in [5, 5.41) is 2.88. The standard InChI is InChI=1S/C22H22N4O/c1-15(2)12-19-22(26-21(27)13-16-6-4-3-5-7-16)24-14-20(25-19)17-8-10-18(23)11-9-17/h3-12,14H,13,23H2,1-2H3,(H,24,26,27). The van der Waals surface area contributed by atoms with Crippen molar-refractivity contribution in [1.29, 1.82) is 0 Å². The molecule has 1 heterocycles. The molecule has 5 heteroatoms. The smallest absolute Gasteiger partial charge is 0.230 e. The second-order valence-electron chi connectivity index (χ2n) is 6.54. The third-order valence-electron chi connectivity index (χ3n) is 3.90. The number of nitrogens with zero attached hydrogens (tertiary/aromatic N) is 2. The Kier molecular flexibility index (Phi) is 5.61. The Bertz CT molecular complexity index is 959. The van der Waals surface area contributed by atoms with Gasteiger partial charge in [0.2, 0.25) is 5.91 Å². The Morgan fingerprint density at radius 2 is 1.78 bits per heavy atom. The molecule has 2 aromatic carbocycles. The molecule has 0 aliphatic rings. The Balaban J connectivity index is 1.87. The van der Waals surface area contributed by atoms with Gasteiger partial charge in [-0.05, 0) is 37.6 Å². The van der Waals surface area contributed by atoms with Crippen LogP contribution in [0.5, 0.6) is 0 Å². The fourth-order valence-corrected chi connectivity index (χ4v) is 2.62. The molecule has 1 amide bonds. The monoisotopic (exact) mass is 358 g/mol. The number of amides is 1. The Morgan fingerprint density at radius 3 is 2.44 bits per heavy atom. The highest BCUT2D eigenvalue weighted by Crippen LogP contribution is 2.22. The van der Waals surface area contributed by atoms with Gasteiger partial charge < -0.3 is 11.1 Å². The van der Waals surface area contributed by atoms with Crippen LogP contribution in [0.4, 0.5) is 11.5 Å². The summed E-state index contributed by atoms with van der Waals surface area (Å²) in [6, 6.07) is 17.1. The van der Waals surface area contributed by atoms with Crippen LogP contribution in [-0.2, 0) is 11.2 Å². The Morgan fingerprint density at radius 1 is 1.07 bits per heavy atom. The highest BCUT2D eigenvalue weighted by molar-refractivity contribution is 5.93. The lowest BCUT2D eigenvalue weighted by atomic mass is 10.1. The van der Waals surface area contributed by atoms with E-state index in [0.717, 1.165) is 22.4 Å². The number of nitrogens with two attached hydrogens (primary N) is 1. The third kappa shape index (κ3) is 5.01. The lowest BCUT2D eigenvalue weighted by molar-refractivity contribution is -0.115. The van der Waals surface area contributed by atoms with Crippen LogP contribution in [0.1, 0.15) is 25.1 Å². The van der Waals surface area contributed by atoms with Crippen LogP contribution in [-0.4, -0.2) is 15.9 Å². The third-order valence-corrected chi connectivity index (χ3v) is 3.90. The average Bonchev–Trinajstić information content (AvgIpc) is 2.64. The molecule has 0 radical (unpaired) electrons. The van der Waals surface area contributed by atoms with Gasteiger partial charge in [-0.15, -0.1) is 0 Å². The van der Waals surface area contributed by atoms with E-state index < -0.39 is 0 Å². The minimum absolute atomic E-state index is 0.126. The van der Waals surface area contributed by atoms with Gasteiger partial charge in [0.15, 0.2) is 5.82 Å². The van der Waals surface area contributed by atoms with Crippen LogP contribution in [0.2, 0.25) is 0 Å². The predicted molar refractivity (Wildman–Crippen MR) is 110 cm³/mol. The molecule has 5 nitrogen and oxygen atoms in total. The second-order valence-corrected chi connectivity index (χ2v) is 6.54.